The maximum Gasteiger partial charge on any atom is 0.137 e. The standard InChI is InChI=1S/C10H11BrFN/c1-13-6-2-3-8-4-5-9(11)10(12)7-8/h2-5,7,13H,6H2,1H3/b3-2+. The molecule has 0 aliphatic heterocycles. The molecule has 1 aromatic rings. The summed E-state index contributed by atoms with van der Waals surface area (Å²) in [5.41, 5.74) is 0.871. The van der Waals surface area contributed by atoms with Gasteiger partial charge in [-0.25, -0.2) is 4.39 Å². The molecule has 0 heterocycles. The Labute approximate surface area is 85.8 Å². The fourth-order valence-electron chi connectivity index (χ4n) is 0.929. The van der Waals surface area contributed by atoms with Gasteiger partial charge in [0.25, 0.3) is 0 Å². The average Bonchev–Trinajstić information content (AvgIpc) is 2.12. The van der Waals surface area contributed by atoms with Crippen LogP contribution >= 0.6 is 15.9 Å². The maximum absolute atomic E-state index is 13.0. The van der Waals surface area contributed by atoms with Crippen molar-refractivity contribution < 1.29 is 4.39 Å². The topological polar surface area (TPSA) is 12.0 Å². The summed E-state index contributed by atoms with van der Waals surface area (Å²) in [6.07, 6.45) is 3.83. The fourth-order valence-corrected chi connectivity index (χ4v) is 1.18. The minimum Gasteiger partial charge on any atom is -0.316 e. The fraction of sp³-hybridized carbons (Fsp3) is 0.200. The van der Waals surface area contributed by atoms with Gasteiger partial charge in [0.1, 0.15) is 5.82 Å². The van der Waals surface area contributed by atoms with E-state index in [0.29, 0.717) is 4.47 Å². The van der Waals surface area contributed by atoms with E-state index in [0.717, 1.165) is 12.1 Å². The predicted molar refractivity (Wildman–Crippen MR) is 57.1 cm³/mol. The lowest BCUT2D eigenvalue weighted by Gasteiger charge is -1.96. The van der Waals surface area contributed by atoms with Gasteiger partial charge in [-0.15, -0.1) is 0 Å². The number of benzene rings is 1. The number of halogens is 2. The van der Waals surface area contributed by atoms with Crippen LogP contribution in [0, 0.1) is 5.82 Å². The van der Waals surface area contributed by atoms with E-state index in [4.69, 9.17) is 0 Å². The van der Waals surface area contributed by atoms with Crippen LogP contribution in [0.1, 0.15) is 5.56 Å². The van der Waals surface area contributed by atoms with Gasteiger partial charge in [0.05, 0.1) is 4.47 Å². The van der Waals surface area contributed by atoms with Gasteiger partial charge in [-0.1, -0.05) is 18.2 Å². The normalized spacial score (nSPS) is 11.0. The molecule has 1 aromatic carbocycles. The minimum atomic E-state index is -0.230. The Morgan fingerprint density at radius 3 is 2.92 bits per heavy atom. The summed E-state index contributed by atoms with van der Waals surface area (Å²) in [4.78, 5) is 0. The molecule has 70 valence electrons. The van der Waals surface area contributed by atoms with E-state index >= 15 is 0 Å². The summed E-state index contributed by atoms with van der Waals surface area (Å²) >= 11 is 3.10. The molecular weight excluding hydrogens is 233 g/mol. The van der Waals surface area contributed by atoms with Crippen molar-refractivity contribution in [3.63, 3.8) is 0 Å². The molecule has 13 heavy (non-hydrogen) atoms. The third-order valence-corrected chi connectivity index (χ3v) is 2.22. The molecule has 0 radical (unpaired) electrons. The van der Waals surface area contributed by atoms with Crippen molar-refractivity contribution in [3.05, 3.63) is 40.1 Å². The second kappa shape index (κ2) is 5.14. The summed E-state index contributed by atoms with van der Waals surface area (Å²) in [5.74, 6) is -0.230. The summed E-state index contributed by atoms with van der Waals surface area (Å²) in [6.45, 7) is 0.789. The Kier molecular flexibility index (Phi) is 4.12. The van der Waals surface area contributed by atoms with Crippen LogP contribution in [-0.4, -0.2) is 13.6 Å². The monoisotopic (exact) mass is 243 g/mol. The number of hydrogen-bond donors (Lipinski definition) is 1. The molecule has 0 amide bonds. The molecule has 1 N–H and O–H groups in total. The largest absolute Gasteiger partial charge is 0.316 e. The Morgan fingerprint density at radius 2 is 2.31 bits per heavy atom. The molecule has 0 aliphatic rings. The lowest BCUT2D eigenvalue weighted by molar-refractivity contribution is 0.621. The van der Waals surface area contributed by atoms with Gasteiger partial charge >= 0.3 is 0 Å². The van der Waals surface area contributed by atoms with E-state index in [1.54, 1.807) is 6.07 Å². The summed E-state index contributed by atoms with van der Waals surface area (Å²) < 4.78 is 13.5. The number of likely N-dealkylation sites (N-methyl/N-ethyl adjacent to an activating group) is 1. The van der Waals surface area contributed by atoms with E-state index in [1.165, 1.54) is 6.07 Å². The van der Waals surface area contributed by atoms with Gasteiger partial charge in [0.15, 0.2) is 0 Å². The highest BCUT2D eigenvalue weighted by molar-refractivity contribution is 9.10. The number of rotatable bonds is 3. The van der Waals surface area contributed by atoms with Crippen LogP contribution in [0.5, 0.6) is 0 Å². The first-order valence-electron chi connectivity index (χ1n) is 4.00. The molecule has 0 aromatic heterocycles. The third kappa shape index (κ3) is 3.28. The molecule has 0 aliphatic carbocycles. The van der Waals surface area contributed by atoms with Crippen LogP contribution in [0.25, 0.3) is 6.08 Å². The van der Waals surface area contributed by atoms with E-state index in [9.17, 15) is 4.39 Å². The van der Waals surface area contributed by atoms with Crippen molar-refractivity contribution in [2.75, 3.05) is 13.6 Å². The van der Waals surface area contributed by atoms with Crippen LogP contribution in [0.3, 0.4) is 0 Å². The second-order valence-electron chi connectivity index (χ2n) is 2.63. The molecule has 1 rings (SSSR count). The lowest BCUT2D eigenvalue weighted by atomic mass is 10.2. The van der Waals surface area contributed by atoms with E-state index in [1.807, 2.05) is 25.3 Å². The van der Waals surface area contributed by atoms with Crippen molar-refractivity contribution in [2.24, 2.45) is 0 Å². The molecule has 1 nitrogen and oxygen atoms in total. The Bertz CT molecular complexity index is 310. The van der Waals surface area contributed by atoms with Crippen LogP contribution in [0.15, 0.2) is 28.7 Å². The highest BCUT2D eigenvalue weighted by Crippen LogP contribution is 2.16. The molecular formula is C10H11BrFN. The van der Waals surface area contributed by atoms with E-state index in [-0.39, 0.29) is 5.82 Å². The SMILES string of the molecule is CNC/C=C/c1ccc(Br)c(F)c1. The highest BCUT2D eigenvalue weighted by atomic mass is 79.9. The molecule has 3 heteroatoms. The van der Waals surface area contributed by atoms with Gasteiger partial charge < -0.3 is 5.32 Å². The van der Waals surface area contributed by atoms with Gasteiger partial charge in [0, 0.05) is 6.54 Å². The third-order valence-electron chi connectivity index (χ3n) is 1.58. The van der Waals surface area contributed by atoms with Crippen molar-refractivity contribution in [2.45, 2.75) is 0 Å². The maximum atomic E-state index is 13.0. The molecule has 0 fully saturated rings. The predicted octanol–water partition coefficient (Wildman–Crippen LogP) is 2.82. The first-order valence-corrected chi connectivity index (χ1v) is 4.79. The molecule has 0 atom stereocenters. The average molecular weight is 244 g/mol. The van der Waals surface area contributed by atoms with Crippen LogP contribution in [0.2, 0.25) is 0 Å². The van der Waals surface area contributed by atoms with Crippen molar-refractivity contribution >= 4 is 22.0 Å². The first-order chi connectivity index (χ1) is 6.24. The van der Waals surface area contributed by atoms with Crippen molar-refractivity contribution in [1.29, 1.82) is 0 Å². The molecule has 0 spiro atoms. The highest BCUT2D eigenvalue weighted by Gasteiger charge is 1.97. The van der Waals surface area contributed by atoms with Crippen LogP contribution in [-0.2, 0) is 0 Å². The summed E-state index contributed by atoms with van der Waals surface area (Å²) in [5, 5.41) is 2.97. The summed E-state index contributed by atoms with van der Waals surface area (Å²) in [6, 6.07) is 5.06. The second-order valence-corrected chi connectivity index (χ2v) is 3.49. The van der Waals surface area contributed by atoms with E-state index in [2.05, 4.69) is 21.2 Å². The molecule has 0 saturated carbocycles. The molecule has 0 unspecified atom stereocenters. The van der Waals surface area contributed by atoms with Crippen molar-refractivity contribution in [3.8, 4) is 0 Å². The molecule has 0 bridgehead atoms. The quantitative estimate of drug-likeness (QED) is 0.862. The smallest absolute Gasteiger partial charge is 0.137 e. The van der Waals surface area contributed by atoms with Gasteiger partial charge in [-0.2, -0.15) is 0 Å². The minimum absolute atomic E-state index is 0.230. The van der Waals surface area contributed by atoms with Gasteiger partial charge in [-0.05, 0) is 40.7 Å². The van der Waals surface area contributed by atoms with Gasteiger partial charge in [0.2, 0.25) is 0 Å². The van der Waals surface area contributed by atoms with Gasteiger partial charge in [-0.3, -0.25) is 0 Å². The Balaban J connectivity index is 2.73. The zero-order valence-corrected chi connectivity index (χ0v) is 8.94. The number of hydrogen-bond acceptors (Lipinski definition) is 1. The van der Waals surface area contributed by atoms with E-state index < -0.39 is 0 Å². The van der Waals surface area contributed by atoms with Crippen LogP contribution in [0.4, 0.5) is 4.39 Å². The number of nitrogens with one attached hydrogen (secondary N) is 1. The first kappa shape index (κ1) is 10.4. The zero-order valence-electron chi connectivity index (χ0n) is 7.35. The summed E-state index contributed by atoms with van der Waals surface area (Å²) in [7, 11) is 1.87. The zero-order chi connectivity index (χ0) is 9.68. The Hall–Kier alpha value is -0.670. The van der Waals surface area contributed by atoms with Crippen molar-refractivity contribution in [1.82, 2.24) is 5.32 Å². The Morgan fingerprint density at radius 1 is 1.54 bits per heavy atom. The lowest BCUT2D eigenvalue weighted by Crippen LogP contribution is -2.03. The van der Waals surface area contributed by atoms with Crippen LogP contribution < -0.4 is 5.32 Å². The molecule has 0 saturated heterocycles.